The average Bonchev–Trinajstić information content (AvgIpc) is 1.74. The number of nitrogens with one attached hydrogen (secondary N) is 6. The van der Waals surface area contributed by atoms with Crippen LogP contribution < -0.4 is 77.8 Å². The normalized spacial score (nSPS) is 14.4. The van der Waals surface area contributed by atoms with Crippen LogP contribution in [0.4, 0.5) is 44.0 Å². The Morgan fingerprint density at radius 3 is 1.29 bits per heavy atom. The third kappa shape index (κ3) is 28.0. The molecule has 0 bridgehead atoms. The topological polar surface area (TPSA) is 416 Å². The van der Waals surface area contributed by atoms with Gasteiger partial charge in [0, 0.05) is 150 Å². The van der Waals surface area contributed by atoms with Crippen LogP contribution in [0.15, 0.2) is 94.2 Å². The molecule has 6 heterocycles. The molecule has 4 aromatic rings. The van der Waals surface area contributed by atoms with E-state index in [9.17, 15) is 43.2 Å². The first kappa shape index (κ1) is 86.0. The van der Waals surface area contributed by atoms with Crippen LogP contribution in [0.5, 0.6) is 0 Å². The minimum atomic E-state index is -0.588. The number of Topliss-reactive ketones (excluding diaryl/α,β-unsaturated/α-hetero) is 1. The van der Waals surface area contributed by atoms with Crippen LogP contribution in [0.1, 0.15) is 171 Å². The second-order valence-corrected chi connectivity index (χ2v) is 28.0. The Morgan fingerprint density at radius 2 is 0.933 bits per heavy atom. The predicted molar refractivity (Wildman–Crippen MR) is 403 cm³/mol. The Labute approximate surface area is 628 Å². The number of amides is 8. The van der Waals surface area contributed by atoms with Crippen molar-refractivity contribution in [1.29, 1.82) is 0 Å². The number of ether oxygens (including phenoxy) is 2. The first-order valence-corrected chi connectivity index (χ1v) is 35.8. The molecule has 2 saturated heterocycles. The van der Waals surface area contributed by atoms with Gasteiger partial charge in [-0.2, -0.15) is 0 Å². The number of benzene rings is 2. The number of aromatic nitrogens is 2. The Balaban J connectivity index is 0.000000371. The molecule has 564 valence electrons. The molecule has 0 saturated carbocycles. The molecule has 30 heteroatoms. The van der Waals surface area contributed by atoms with Gasteiger partial charge in [-0.05, 0) is 167 Å². The van der Waals surface area contributed by atoms with E-state index in [1.807, 2.05) is 26.0 Å². The van der Waals surface area contributed by atoms with Gasteiger partial charge in [-0.1, -0.05) is 26.0 Å². The van der Waals surface area contributed by atoms with Gasteiger partial charge in [-0.25, -0.2) is 29.5 Å². The van der Waals surface area contributed by atoms with Gasteiger partial charge in [-0.15, -0.1) is 0 Å². The second kappa shape index (κ2) is 41.7. The fourth-order valence-corrected chi connectivity index (χ4v) is 11.9. The summed E-state index contributed by atoms with van der Waals surface area (Å²) < 4.78 is 10.6. The molecule has 0 atom stereocenters. The average molecular weight is 1440 g/mol. The summed E-state index contributed by atoms with van der Waals surface area (Å²) in [5, 5.41) is 17.1. The third-order valence-electron chi connectivity index (χ3n) is 17.0. The van der Waals surface area contributed by atoms with Crippen LogP contribution in [0, 0.1) is 11.8 Å². The fourth-order valence-electron chi connectivity index (χ4n) is 11.9. The van der Waals surface area contributed by atoms with Crippen molar-refractivity contribution in [3.8, 4) is 0 Å². The van der Waals surface area contributed by atoms with E-state index in [4.69, 9.17) is 26.7 Å². The summed E-state index contributed by atoms with van der Waals surface area (Å²) in [5.74, 6) is 1.22. The number of pyridine rings is 2. The van der Waals surface area contributed by atoms with Crippen molar-refractivity contribution in [2.24, 2.45) is 39.0 Å². The van der Waals surface area contributed by atoms with E-state index in [0.29, 0.717) is 180 Å². The molecule has 0 spiro atoms. The molecule has 2 fully saturated rings. The summed E-state index contributed by atoms with van der Waals surface area (Å²) in [6.07, 6.45) is 12.8. The first-order chi connectivity index (χ1) is 49.1. The van der Waals surface area contributed by atoms with Crippen molar-refractivity contribution >= 4 is 112 Å². The maximum atomic E-state index is 13.7. The largest absolute Gasteiger partial charge is 1.00 e. The van der Waals surface area contributed by atoms with Gasteiger partial charge in [0.05, 0.1) is 35.1 Å². The van der Waals surface area contributed by atoms with Crippen LogP contribution >= 0.6 is 0 Å². The summed E-state index contributed by atoms with van der Waals surface area (Å²) >= 11 is 0. The number of hydrogen-bond acceptors (Lipinski definition) is 21. The van der Waals surface area contributed by atoms with Gasteiger partial charge in [0.1, 0.15) is 40.3 Å². The van der Waals surface area contributed by atoms with E-state index in [1.165, 1.54) is 0 Å². The van der Waals surface area contributed by atoms with E-state index in [0.717, 1.165) is 37.3 Å². The molecular weight excluding hydrogens is 1340 g/mol. The molecule has 2 aromatic carbocycles. The van der Waals surface area contributed by atoms with Gasteiger partial charge in [0.2, 0.25) is 23.6 Å². The van der Waals surface area contributed by atoms with Crippen molar-refractivity contribution < 1.29 is 77.0 Å². The van der Waals surface area contributed by atoms with Crippen LogP contribution in [0.25, 0.3) is 12.2 Å². The van der Waals surface area contributed by atoms with E-state index in [2.05, 4.69) is 61.7 Å². The van der Waals surface area contributed by atoms with Crippen molar-refractivity contribution in [3.63, 3.8) is 0 Å². The zero-order valence-electron chi connectivity index (χ0n) is 62.7. The monoisotopic (exact) mass is 1440 g/mol. The number of hydrogen-bond donors (Lipinski definition) is 9. The van der Waals surface area contributed by atoms with Crippen molar-refractivity contribution in [1.82, 2.24) is 41.0 Å². The van der Waals surface area contributed by atoms with Gasteiger partial charge in [-0.3, -0.25) is 28.8 Å². The summed E-state index contributed by atoms with van der Waals surface area (Å²) in [5.41, 5.74) is 22.0. The first-order valence-electron chi connectivity index (χ1n) is 35.8. The third-order valence-corrected chi connectivity index (χ3v) is 17.0. The van der Waals surface area contributed by atoms with Gasteiger partial charge in [0.25, 0.3) is 11.8 Å². The number of nitrogens with zero attached hydrogens (tertiary/aromatic N) is 8. The number of anilines is 4. The molecule has 0 radical (unpaired) electrons. The smallest absolute Gasteiger partial charge is 0.870 e. The summed E-state index contributed by atoms with van der Waals surface area (Å²) in [4.78, 5) is 140. The number of carbonyl (C=O) groups excluding carboxylic acids is 9. The zero-order chi connectivity index (χ0) is 74.8. The van der Waals surface area contributed by atoms with E-state index < -0.39 is 23.4 Å². The van der Waals surface area contributed by atoms with E-state index >= 15 is 0 Å². The molecule has 0 unspecified atom stereocenters. The molecule has 105 heavy (non-hydrogen) atoms. The van der Waals surface area contributed by atoms with Gasteiger partial charge < -0.3 is 88.4 Å². The van der Waals surface area contributed by atoms with Gasteiger partial charge in [0.15, 0.2) is 0 Å². The Morgan fingerprint density at radius 1 is 0.543 bits per heavy atom. The quantitative estimate of drug-likeness (QED) is 0.0256. The van der Waals surface area contributed by atoms with Gasteiger partial charge >= 0.3 is 31.0 Å². The number of aliphatic imine (C=N–C) groups is 2. The second-order valence-electron chi connectivity index (χ2n) is 28.0. The number of piperidine rings is 2. The Bertz CT molecular complexity index is 3760. The SMILES string of the molecule is CCCN(CCCNC(=O)OC(C)(C)C)C(=O)C1=Cc2ccc(C(=O)Nc3ccc(N4CCC(C(=O)NCCCC(C)=O)CC4)nc3)cc2N=C(N)C1.CCCN(CCCNC(=O)OC(C)(C)C)C(=O)C1=Cc2ccc(C(=O)Nc3ccc(N4CCC(C(=O)NCCN)CC4)nc3)cc2N=C(N)C1.[Li+].[OH-]. The number of alkyl carbamates (subject to hydrolysis) is 2. The standard InChI is InChI=1S/C39H54N8O6.C36H51N9O5.Li.H2O/c1-6-18-47(19-8-17-42-38(52)53-39(3,4)5)37(51)30-22-28-10-11-29(23-32(28)45-33(40)24-30)36(50)44-31-12-13-34(43-25-31)46-20-14-27(15-21-46)35(49)41-16-7-9-26(2)48;1-5-16-45(17-6-14-40-35(49)50-36(2,3)4)34(48)27-20-25-7-8-26(21-29(25)43-30(38)22-27)33(47)42-28-9-10-31(41-23-28)44-18-11-24(12-19-44)32(46)39-15-13-37;;/h10-13,22-23,25,27H,6-9,14-21,24H2,1-5H3,(H2,40,45)(H,41,49)(H,42,52)(H,44,50);7-10,20-21,23-24H,5-6,11-19,22,37H2,1-4H3,(H2,38,43)(H,39,46)(H,40,49)(H,42,47);;1H2/q;;+1;/p-1. The molecule has 8 amide bonds. The van der Waals surface area contributed by atoms with Crippen molar-refractivity contribution in [2.45, 2.75) is 151 Å². The van der Waals surface area contributed by atoms with Crippen LogP contribution in [-0.2, 0) is 33.4 Å². The molecule has 4 aliphatic rings. The minimum absolute atomic E-state index is 0. The van der Waals surface area contributed by atoms with Crippen LogP contribution in [0.2, 0.25) is 0 Å². The van der Waals surface area contributed by atoms with E-state index in [-0.39, 0.29) is 102 Å². The summed E-state index contributed by atoms with van der Waals surface area (Å²) in [6.45, 7) is 23.3. The number of rotatable bonds is 28. The molecule has 8 rings (SSSR count). The van der Waals surface area contributed by atoms with E-state index in [1.54, 1.807) is 131 Å². The molecule has 4 aliphatic heterocycles. The number of amidine groups is 2. The maximum absolute atomic E-state index is 13.7. The minimum Gasteiger partial charge on any atom is -0.870 e. The summed E-state index contributed by atoms with van der Waals surface area (Å²) in [7, 11) is 0. The number of nitrogens with two attached hydrogens (primary N) is 3. The van der Waals surface area contributed by atoms with Crippen LogP contribution in [-0.4, -0.2) is 187 Å². The predicted octanol–water partition coefficient (Wildman–Crippen LogP) is 5.35. The van der Waals surface area contributed by atoms with Crippen LogP contribution in [0.3, 0.4) is 0 Å². The van der Waals surface area contributed by atoms with Crippen molar-refractivity contribution in [3.05, 3.63) is 106 Å². The Hall–Kier alpha value is -9.69. The maximum Gasteiger partial charge on any atom is 1.00 e. The molecule has 13 N–H and O–H groups in total. The number of fused-ring (bicyclic) bond motifs is 2. The molecule has 0 aliphatic carbocycles. The van der Waals surface area contributed by atoms with Crippen molar-refractivity contribution in [2.75, 3.05) is 106 Å². The number of ketones is 1. The fraction of sp³-hybridized carbons (Fsp3) is 0.507. The Kier molecular flexibility index (Phi) is 34.1. The zero-order valence-corrected chi connectivity index (χ0v) is 62.7. The molecule has 29 nitrogen and oxygen atoms in total. The number of carbonyl (C=O) groups is 9. The molecule has 2 aromatic heterocycles. The molecular formula is C75H106LiN17O12. The summed E-state index contributed by atoms with van der Waals surface area (Å²) in [6, 6.07) is 17.5.